The van der Waals surface area contributed by atoms with Crippen molar-refractivity contribution in [2.24, 2.45) is 17.8 Å². The largest absolute Gasteiger partial charge is 0.444 e. The van der Waals surface area contributed by atoms with E-state index in [0.29, 0.717) is 28.7 Å². The molecule has 0 saturated carbocycles. The minimum absolute atomic E-state index is 0.0339. The number of nitriles is 1. The van der Waals surface area contributed by atoms with Crippen LogP contribution < -0.4 is 10.2 Å². The van der Waals surface area contributed by atoms with E-state index in [9.17, 15) is 10.1 Å². The van der Waals surface area contributed by atoms with Crippen molar-refractivity contribution >= 4 is 49.4 Å². The SMILES string of the molecule is CC1CN(c2ncc3c4c(c(-c5ncc(F)c6sc(NC(=O)OC(C)(C)C)c(C#N)c56)c(F)c3n2)COC4)C[C@@H]1C.CCC(C)C. The number of fused-ring (bicyclic) bond motifs is 4. The van der Waals surface area contributed by atoms with Crippen molar-refractivity contribution in [2.45, 2.75) is 80.6 Å². The van der Waals surface area contributed by atoms with Gasteiger partial charge in [0.1, 0.15) is 22.2 Å². The Balaban J connectivity index is 0.000000775. The summed E-state index contributed by atoms with van der Waals surface area (Å²) < 4.78 is 42.8. The van der Waals surface area contributed by atoms with Crippen molar-refractivity contribution in [1.29, 1.82) is 5.26 Å². The number of amides is 1. The fourth-order valence-electron chi connectivity index (χ4n) is 5.45. The minimum atomic E-state index is -0.795. The molecular weight excluding hydrogens is 610 g/mol. The van der Waals surface area contributed by atoms with E-state index in [1.165, 1.54) is 6.42 Å². The number of carbonyl (C=O) groups is 1. The van der Waals surface area contributed by atoms with Gasteiger partial charge in [0, 0.05) is 35.6 Å². The number of benzene rings is 1. The van der Waals surface area contributed by atoms with Gasteiger partial charge in [-0.2, -0.15) is 5.26 Å². The molecule has 1 fully saturated rings. The van der Waals surface area contributed by atoms with Gasteiger partial charge in [0.25, 0.3) is 0 Å². The zero-order chi connectivity index (χ0) is 33.5. The Kier molecular flexibility index (Phi) is 9.47. The van der Waals surface area contributed by atoms with E-state index in [1.54, 1.807) is 27.0 Å². The number of ether oxygens (including phenoxy) is 2. The minimum Gasteiger partial charge on any atom is -0.444 e. The molecular formula is C34H40F2N6O3S. The first-order valence-corrected chi connectivity index (χ1v) is 16.4. The van der Waals surface area contributed by atoms with Crippen LogP contribution in [-0.2, 0) is 22.7 Å². The van der Waals surface area contributed by atoms with Gasteiger partial charge in [-0.25, -0.2) is 23.5 Å². The Labute approximate surface area is 272 Å². The van der Waals surface area contributed by atoms with E-state index in [1.807, 2.05) is 4.90 Å². The van der Waals surface area contributed by atoms with Gasteiger partial charge in [0.2, 0.25) is 5.95 Å². The molecule has 0 radical (unpaired) electrons. The van der Waals surface area contributed by atoms with Crippen LogP contribution in [0.15, 0.2) is 12.4 Å². The normalized spacial score (nSPS) is 17.7. The number of hydrogen-bond acceptors (Lipinski definition) is 9. The first-order chi connectivity index (χ1) is 21.7. The Morgan fingerprint density at radius 1 is 1.17 bits per heavy atom. The number of pyridine rings is 1. The number of thiophene rings is 1. The van der Waals surface area contributed by atoms with Crippen molar-refractivity contribution in [2.75, 3.05) is 23.3 Å². The first-order valence-electron chi connectivity index (χ1n) is 15.6. The number of anilines is 2. The zero-order valence-electron chi connectivity index (χ0n) is 27.5. The lowest BCUT2D eigenvalue weighted by atomic mass is 9.94. The zero-order valence-corrected chi connectivity index (χ0v) is 28.4. The van der Waals surface area contributed by atoms with E-state index in [0.717, 1.165) is 42.1 Å². The summed E-state index contributed by atoms with van der Waals surface area (Å²) in [7, 11) is 0. The maximum atomic E-state index is 16.6. The first kappa shape index (κ1) is 33.4. The summed E-state index contributed by atoms with van der Waals surface area (Å²) in [5.41, 5.74) is 0.747. The van der Waals surface area contributed by atoms with Crippen LogP contribution in [0.1, 0.15) is 78.5 Å². The fraction of sp³-hybridized carbons (Fsp3) is 0.500. The predicted molar refractivity (Wildman–Crippen MR) is 177 cm³/mol. The van der Waals surface area contributed by atoms with Crippen LogP contribution in [0.25, 0.3) is 32.2 Å². The summed E-state index contributed by atoms with van der Waals surface area (Å²) in [5, 5.41) is 13.4. The van der Waals surface area contributed by atoms with Gasteiger partial charge in [-0.15, -0.1) is 11.3 Å². The van der Waals surface area contributed by atoms with Crippen LogP contribution in [0, 0.1) is 40.7 Å². The third-order valence-corrected chi connectivity index (χ3v) is 9.52. The molecule has 244 valence electrons. The molecule has 0 bridgehead atoms. The quantitative estimate of drug-likeness (QED) is 0.234. The molecule has 0 aliphatic carbocycles. The van der Waals surface area contributed by atoms with Crippen LogP contribution in [0.2, 0.25) is 0 Å². The van der Waals surface area contributed by atoms with E-state index < -0.39 is 23.3 Å². The molecule has 0 spiro atoms. The number of nitrogens with one attached hydrogen (secondary N) is 1. The lowest BCUT2D eigenvalue weighted by Crippen LogP contribution is -2.27. The molecule has 9 nitrogen and oxygen atoms in total. The van der Waals surface area contributed by atoms with Crippen molar-refractivity contribution in [1.82, 2.24) is 15.0 Å². The summed E-state index contributed by atoms with van der Waals surface area (Å²) in [4.78, 5) is 28.1. The number of hydrogen-bond donors (Lipinski definition) is 1. The van der Waals surface area contributed by atoms with Gasteiger partial charge >= 0.3 is 6.09 Å². The van der Waals surface area contributed by atoms with Crippen LogP contribution in [0.4, 0.5) is 24.5 Å². The molecule has 1 N–H and O–H groups in total. The highest BCUT2D eigenvalue weighted by molar-refractivity contribution is 7.23. The Bertz CT molecular complexity index is 1840. The van der Waals surface area contributed by atoms with E-state index in [4.69, 9.17) is 9.47 Å². The molecule has 2 aliphatic rings. The van der Waals surface area contributed by atoms with Crippen LogP contribution in [-0.4, -0.2) is 39.7 Å². The molecule has 6 rings (SSSR count). The lowest BCUT2D eigenvalue weighted by Gasteiger charge is -2.19. The molecule has 2 aliphatic heterocycles. The maximum Gasteiger partial charge on any atom is 0.412 e. The summed E-state index contributed by atoms with van der Waals surface area (Å²) in [6.45, 7) is 18.0. The highest BCUT2D eigenvalue weighted by atomic mass is 32.1. The number of rotatable bonds is 4. The van der Waals surface area contributed by atoms with Gasteiger partial charge in [-0.05, 0) is 49.7 Å². The Morgan fingerprint density at radius 3 is 2.43 bits per heavy atom. The highest BCUT2D eigenvalue weighted by Gasteiger charge is 2.32. The maximum absolute atomic E-state index is 16.6. The molecule has 1 amide bonds. The number of carbonyl (C=O) groups excluding carboxylic acids is 1. The monoisotopic (exact) mass is 650 g/mol. The predicted octanol–water partition coefficient (Wildman–Crippen LogP) is 8.58. The molecule has 5 heterocycles. The summed E-state index contributed by atoms with van der Waals surface area (Å²) >= 11 is 0.865. The third kappa shape index (κ3) is 6.48. The van der Waals surface area contributed by atoms with Crippen LogP contribution in [0.5, 0.6) is 0 Å². The number of aromatic nitrogens is 3. The van der Waals surface area contributed by atoms with Crippen LogP contribution in [0.3, 0.4) is 0 Å². The van der Waals surface area contributed by atoms with Crippen molar-refractivity contribution < 1.29 is 23.0 Å². The summed E-state index contributed by atoms with van der Waals surface area (Å²) in [6, 6.07) is 2.05. The van der Waals surface area contributed by atoms with Crippen LogP contribution >= 0.6 is 11.3 Å². The summed E-state index contributed by atoms with van der Waals surface area (Å²) in [6.07, 6.45) is 3.14. The molecule has 3 aromatic heterocycles. The van der Waals surface area contributed by atoms with Gasteiger partial charge in [0.15, 0.2) is 11.6 Å². The molecule has 1 aromatic carbocycles. The highest BCUT2D eigenvalue weighted by Crippen LogP contribution is 2.46. The average Bonchev–Trinajstić information content (AvgIpc) is 3.71. The molecule has 12 heteroatoms. The Morgan fingerprint density at radius 2 is 1.83 bits per heavy atom. The molecule has 46 heavy (non-hydrogen) atoms. The van der Waals surface area contributed by atoms with Crippen molar-refractivity contribution in [3.63, 3.8) is 0 Å². The molecule has 4 aromatic rings. The van der Waals surface area contributed by atoms with Gasteiger partial charge < -0.3 is 14.4 Å². The van der Waals surface area contributed by atoms with Crippen molar-refractivity contribution in [3.8, 4) is 17.3 Å². The fourth-order valence-corrected chi connectivity index (χ4v) is 6.49. The van der Waals surface area contributed by atoms with E-state index >= 15 is 8.78 Å². The number of nitrogens with zero attached hydrogens (tertiary/aromatic N) is 5. The van der Waals surface area contributed by atoms with E-state index in [-0.39, 0.29) is 50.6 Å². The second-order valence-electron chi connectivity index (χ2n) is 13.4. The molecule has 1 unspecified atom stereocenters. The third-order valence-electron chi connectivity index (χ3n) is 8.41. The van der Waals surface area contributed by atoms with Gasteiger partial charge in [0.05, 0.1) is 35.4 Å². The van der Waals surface area contributed by atoms with Gasteiger partial charge in [-0.3, -0.25) is 10.3 Å². The number of halogens is 2. The van der Waals surface area contributed by atoms with Gasteiger partial charge in [-0.1, -0.05) is 41.0 Å². The summed E-state index contributed by atoms with van der Waals surface area (Å²) in [5.74, 6) is 0.878. The topological polar surface area (TPSA) is 113 Å². The smallest absolute Gasteiger partial charge is 0.412 e. The van der Waals surface area contributed by atoms with E-state index in [2.05, 4.69) is 61.0 Å². The van der Waals surface area contributed by atoms with Crippen molar-refractivity contribution in [3.05, 3.63) is 40.7 Å². The second-order valence-corrected chi connectivity index (χ2v) is 14.5. The molecule has 2 atom stereocenters. The standard InChI is InChI=1S/C29H28F2N6O3S.C5H12/c1-13-9-37(10-14(13)2)27-34-7-16-17-11-39-12-18(17)20(22(31)23(16)35-27)24-21-15(6-32)26(36-28(38)40-29(3,4)5)41-25(21)19(30)8-33-24;1-4-5(2)3/h7-8,13-14H,9-12H2,1-5H3,(H,36,38);5H,4H2,1-3H3/t13-,14?;/m0./s1. The Hall–Kier alpha value is -3.95. The average molecular weight is 651 g/mol. The molecule has 1 saturated heterocycles. The lowest BCUT2D eigenvalue weighted by molar-refractivity contribution is 0.0636. The second kappa shape index (κ2) is 13.0.